The molecule has 3 aromatic rings. The summed E-state index contributed by atoms with van der Waals surface area (Å²) in [6.45, 7) is 0. The molecule has 244 valence electrons. The predicted molar refractivity (Wildman–Crippen MR) is 158 cm³/mol. The van der Waals surface area contributed by atoms with Gasteiger partial charge in [-0.3, -0.25) is 39.6 Å². The molecule has 0 fully saturated rings. The first-order chi connectivity index (χ1) is 22.6. The summed E-state index contributed by atoms with van der Waals surface area (Å²) in [6, 6.07) is 10.5. The largest absolute Gasteiger partial charge is 0.416 e. The van der Waals surface area contributed by atoms with Gasteiger partial charge in [0.1, 0.15) is 11.4 Å². The first kappa shape index (κ1) is 31.9. The summed E-state index contributed by atoms with van der Waals surface area (Å²) in [5.41, 5.74) is -6.95. The molecule has 0 saturated carbocycles. The number of hydrogen-bond acceptors (Lipinski definition) is 6. The van der Waals surface area contributed by atoms with Gasteiger partial charge >= 0.3 is 12.4 Å². The molecule has 48 heavy (non-hydrogen) atoms. The Kier molecular flexibility index (Phi) is 7.53. The molecule has 2 aliphatic heterocycles. The highest BCUT2D eigenvalue weighted by Gasteiger charge is 2.52. The van der Waals surface area contributed by atoms with E-state index in [1.54, 1.807) is 18.2 Å². The molecule has 3 aliphatic rings. The lowest BCUT2D eigenvalue weighted by molar-refractivity contribution is -0.384. The lowest BCUT2D eigenvalue weighted by Crippen LogP contribution is -2.32. The summed E-state index contributed by atoms with van der Waals surface area (Å²) in [7, 11) is 0. The summed E-state index contributed by atoms with van der Waals surface area (Å²) >= 11 is 0. The molecule has 0 spiro atoms. The number of amides is 2. The smallest absolute Gasteiger partial charge is 0.269 e. The molecular weight excluding hydrogens is 650 g/mol. The van der Waals surface area contributed by atoms with E-state index in [0.717, 1.165) is 21.9 Å². The molecule has 0 unspecified atom stereocenters. The molecular formula is C32H18F6N4O6. The third-order valence-electron chi connectivity index (χ3n) is 7.85. The molecule has 0 saturated heterocycles. The summed E-state index contributed by atoms with van der Waals surface area (Å²) in [5, 5.41) is 24.2. The standard InChI is InChI=1S/C32H18F6N4O6/c33-31(34,35)19-11-13-21(23(15-19)41(45)46)39-27(17-7-3-1-4-8-17)25-26(30(39)44)28(18-9-5-2-6-10-18)40(29(25)43)22-14-12-20(32(36,37)38)16-24(22)42(47)48/h1-5,7-9,11-16H,6,10H2. The van der Waals surface area contributed by atoms with Gasteiger partial charge < -0.3 is 0 Å². The predicted octanol–water partition coefficient (Wildman–Crippen LogP) is 7.88. The fourth-order valence-electron chi connectivity index (χ4n) is 5.81. The van der Waals surface area contributed by atoms with Gasteiger partial charge in [0.05, 0.1) is 43.5 Å². The maximum atomic E-state index is 14.5. The van der Waals surface area contributed by atoms with Crippen LogP contribution < -0.4 is 9.80 Å². The van der Waals surface area contributed by atoms with Gasteiger partial charge in [0, 0.05) is 12.1 Å². The van der Waals surface area contributed by atoms with Crippen LogP contribution in [-0.2, 0) is 21.9 Å². The van der Waals surface area contributed by atoms with Gasteiger partial charge in [0.2, 0.25) is 0 Å². The maximum absolute atomic E-state index is 14.5. The first-order valence-electron chi connectivity index (χ1n) is 13.9. The molecule has 10 nitrogen and oxygen atoms in total. The minimum Gasteiger partial charge on any atom is -0.269 e. The van der Waals surface area contributed by atoms with Gasteiger partial charge in [-0.15, -0.1) is 0 Å². The van der Waals surface area contributed by atoms with Crippen molar-refractivity contribution in [3.8, 4) is 0 Å². The van der Waals surface area contributed by atoms with E-state index in [0.29, 0.717) is 18.6 Å². The van der Waals surface area contributed by atoms with E-state index in [1.165, 1.54) is 30.3 Å². The van der Waals surface area contributed by atoms with Crippen LogP contribution >= 0.6 is 0 Å². The highest BCUT2D eigenvalue weighted by Crippen LogP contribution is 2.52. The van der Waals surface area contributed by atoms with E-state index >= 15 is 0 Å². The van der Waals surface area contributed by atoms with Crippen LogP contribution in [0.1, 0.15) is 29.5 Å². The minimum atomic E-state index is -4.97. The van der Waals surface area contributed by atoms with Gasteiger partial charge in [-0.1, -0.05) is 48.6 Å². The van der Waals surface area contributed by atoms with Crippen LogP contribution in [0.4, 0.5) is 49.1 Å². The van der Waals surface area contributed by atoms with Crippen molar-refractivity contribution in [3.05, 3.63) is 144 Å². The number of rotatable bonds is 6. The van der Waals surface area contributed by atoms with Gasteiger partial charge in [-0.2, -0.15) is 26.3 Å². The van der Waals surface area contributed by atoms with Crippen molar-refractivity contribution in [1.29, 1.82) is 0 Å². The zero-order valence-electron chi connectivity index (χ0n) is 24.0. The quantitative estimate of drug-likeness (QED) is 0.149. The van der Waals surface area contributed by atoms with Crippen molar-refractivity contribution in [3.63, 3.8) is 0 Å². The van der Waals surface area contributed by atoms with Crippen molar-refractivity contribution < 1.29 is 45.8 Å². The Labute approximate surface area is 265 Å². The maximum Gasteiger partial charge on any atom is 0.416 e. The molecule has 0 N–H and O–H groups in total. The number of carbonyl (C=O) groups excluding carboxylic acids is 2. The number of nitrogens with zero attached hydrogens (tertiary/aromatic N) is 4. The fourth-order valence-corrected chi connectivity index (χ4v) is 5.81. The molecule has 2 amide bonds. The summed E-state index contributed by atoms with van der Waals surface area (Å²) < 4.78 is 81.3. The molecule has 0 bridgehead atoms. The SMILES string of the molecule is O=C1C2=C(c3ccccc3)N(c3ccc(C(F)(F)F)cc3[N+](=O)[O-])C(=O)C2=C(C2=CC=CCC2)N1c1ccc(C(F)(F)F)cc1[N+](=O)[O-]. The van der Waals surface area contributed by atoms with Crippen LogP contribution in [0.3, 0.4) is 0 Å². The van der Waals surface area contributed by atoms with Crippen LogP contribution in [0.15, 0.2) is 107 Å². The van der Waals surface area contributed by atoms with Gasteiger partial charge in [0.25, 0.3) is 23.2 Å². The average Bonchev–Trinajstić information content (AvgIpc) is 3.51. The van der Waals surface area contributed by atoms with Crippen molar-refractivity contribution in [2.45, 2.75) is 25.2 Å². The van der Waals surface area contributed by atoms with Gasteiger partial charge in [0.15, 0.2) is 0 Å². The van der Waals surface area contributed by atoms with Crippen molar-refractivity contribution in [1.82, 2.24) is 0 Å². The van der Waals surface area contributed by atoms with Crippen molar-refractivity contribution in [2.75, 3.05) is 9.80 Å². The van der Waals surface area contributed by atoms with Crippen molar-refractivity contribution >= 4 is 40.3 Å². The Bertz CT molecular complexity index is 2060. The number of fused-ring (bicyclic) bond motifs is 1. The second-order valence-electron chi connectivity index (χ2n) is 10.7. The Morgan fingerprint density at radius 2 is 1.15 bits per heavy atom. The molecule has 3 aromatic carbocycles. The van der Waals surface area contributed by atoms with E-state index in [4.69, 9.17) is 0 Å². The second-order valence-corrected chi connectivity index (χ2v) is 10.7. The highest BCUT2D eigenvalue weighted by atomic mass is 19.4. The molecule has 0 radical (unpaired) electrons. The first-order valence-corrected chi connectivity index (χ1v) is 13.9. The normalized spacial score (nSPS) is 16.6. The van der Waals surface area contributed by atoms with Crippen LogP contribution in [0.2, 0.25) is 0 Å². The Balaban J connectivity index is 1.67. The number of hydrogen-bond donors (Lipinski definition) is 0. The molecule has 0 aromatic heterocycles. The highest BCUT2D eigenvalue weighted by molar-refractivity contribution is 6.37. The number of halogens is 6. The van der Waals surface area contributed by atoms with Gasteiger partial charge in [-0.05, 0) is 48.2 Å². The number of alkyl halides is 6. The number of carbonyl (C=O) groups is 2. The fraction of sp³-hybridized carbons (Fsp3) is 0.125. The van der Waals surface area contributed by atoms with Gasteiger partial charge in [-0.25, -0.2) is 0 Å². The number of anilines is 2. The lowest BCUT2D eigenvalue weighted by atomic mass is 9.97. The van der Waals surface area contributed by atoms with Crippen LogP contribution in [0, 0.1) is 20.2 Å². The molecule has 6 rings (SSSR count). The third-order valence-corrected chi connectivity index (χ3v) is 7.85. The summed E-state index contributed by atoms with van der Waals surface area (Å²) in [6.07, 6.45) is -4.56. The monoisotopic (exact) mass is 668 g/mol. The number of nitro benzene ring substituents is 2. The van der Waals surface area contributed by atoms with E-state index < -0.39 is 73.5 Å². The van der Waals surface area contributed by atoms with Crippen LogP contribution in [0.5, 0.6) is 0 Å². The number of nitro groups is 2. The molecule has 2 heterocycles. The third kappa shape index (κ3) is 5.20. The zero-order valence-corrected chi connectivity index (χ0v) is 24.0. The van der Waals surface area contributed by atoms with E-state index in [-0.39, 0.29) is 46.7 Å². The molecule has 0 atom stereocenters. The topological polar surface area (TPSA) is 127 Å². The average molecular weight is 669 g/mol. The van der Waals surface area contributed by atoms with E-state index in [2.05, 4.69) is 0 Å². The summed E-state index contributed by atoms with van der Waals surface area (Å²) in [4.78, 5) is 52.5. The molecule has 1 aliphatic carbocycles. The Morgan fingerprint density at radius 1 is 0.667 bits per heavy atom. The number of allylic oxidation sites excluding steroid dienone is 4. The van der Waals surface area contributed by atoms with Crippen LogP contribution in [0.25, 0.3) is 5.70 Å². The summed E-state index contributed by atoms with van der Waals surface area (Å²) in [5.74, 6) is -2.16. The number of benzene rings is 3. The lowest BCUT2D eigenvalue weighted by Gasteiger charge is -2.26. The minimum absolute atomic E-state index is 0.124. The van der Waals surface area contributed by atoms with Crippen molar-refractivity contribution in [2.24, 2.45) is 0 Å². The second kappa shape index (κ2) is 11.3. The Morgan fingerprint density at radius 3 is 1.58 bits per heavy atom. The molecule has 16 heteroatoms. The zero-order chi connectivity index (χ0) is 34.7. The Hall–Kier alpha value is -6.06. The van der Waals surface area contributed by atoms with Crippen LogP contribution in [-0.4, -0.2) is 21.7 Å². The van der Waals surface area contributed by atoms with E-state index in [1.807, 2.05) is 0 Å². The van der Waals surface area contributed by atoms with E-state index in [9.17, 15) is 56.2 Å².